The highest BCUT2D eigenvalue weighted by atomic mass is 16.6. The van der Waals surface area contributed by atoms with Gasteiger partial charge in [0.25, 0.3) is 11.9 Å². The number of amides is 2. The Morgan fingerprint density at radius 2 is 2.11 bits per heavy atom. The largest absolute Gasteiger partial charge is 0.444 e. The molecule has 1 aromatic rings. The molecule has 1 heterocycles. The zero-order valence-electron chi connectivity index (χ0n) is 10.3. The van der Waals surface area contributed by atoms with E-state index < -0.39 is 17.6 Å². The Hall–Kier alpha value is -2.23. The van der Waals surface area contributed by atoms with Gasteiger partial charge in [-0.25, -0.2) is 15.3 Å². The van der Waals surface area contributed by atoms with E-state index in [0.717, 1.165) is 4.68 Å². The second-order valence-electron chi connectivity index (χ2n) is 4.35. The first-order valence-corrected chi connectivity index (χ1v) is 5.07. The highest BCUT2D eigenvalue weighted by Gasteiger charge is 2.19. The molecule has 0 aromatic carbocycles. The minimum atomic E-state index is -0.716. The number of hydrazine groups is 1. The maximum absolute atomic E-state index is 11.5. The van der Waals surface area contributed by atoms with Crippen LogP contribution in [-0.2, 0) is 16.1 Å². The number of hydrogen-bond acceptors (Lipinski definition) is 7. The molecule has 4 N–H and O–H groups in total. The van der Waals surface area contributed by atoms with Gasteiger partial charge in [0, 0.05) is 0 Å². The monoisotopic (exact) mass is 257 g/mol. The molecule has 18 heavy (non-hydrogen) atoms. The Balaban J connectivity index is 2.65. The molecule has 0 bridgehead atoms. The Morgan fingerprint density at radius 1 is 1.44 bits per heavy atom. The molecule has 0 aliphatic carbocycles. The van der Waals surface area contributed by atoms with E-state index in [1.807, 2.05) is 5.43 Å². The lowest BCUT2D eigenvalue weighted by Crippen LogP contribution is -2.34. The quantitative estimate of drug-likeness (QED) is 0.359. The molecule has 2 amide bonds. The summed E-state index contributed by atoms with van der Waals surface area (Å²) < 4.78 is 6.09. The lowest BCUT2D eigenvalue weighted by Gasteiger charge is -2.19. The minimum absolute atomic E-state index is 0.00662. The molecule has 0 aliphatic rings. The Morgan fingerprint density at radius 3 is 2.67 bits per heavy atom. The second kappa shape index (κ2) is 5.40. The number of nitrogens with zero attached hydrogens (tertiary/aromatic N) is 4. The molecule has 0 radical (unpaired) electrons. The number of aromatic nitrogens is 4. The fourth-order valence-electron chi connectivity index (χ4n) is 0.977. The van der Waals surface area contributed by atoms with E-state index in [-0.39, 0.29) is 12.5 Å². The van der Waals surface area contributed by atoms with Crippen LogP contribution < -0.4 is 16.6 Å². The van der Waals surface area contributed by atoms with Gasteiger partial charge < -0.3 is 4.74 Å². The van der Waals surface area contributed by atoms with E-state index >= 15 is 0 Å². The van der Waals surface area contributed by atoms with Gasteiger partial charge >= 0.3 is 6.09 Å². The predicted octanol–water partition coefficient (Wildman–Crippen LogP) is -0.990. The Kier molecular flexibility index (Phi) is 4.15. The number of ether oxygens (including phenoxy) is 1. The molecular formula is C8H15N7O3. The molecule has 0 saturated carbocycles. The Labute approximate surface area is 103 Å². The summed E-state index contributed by atoms with van der Waals surface area (Å²) in [5, 5.41) is 12.7. The summed E-state index contributed by atoms with van der Waals surface area (Å²) in [6, 6.07) is 0. The van der Waals surface area contributed by atoms with E-state index in [4.69, 9.17) is 10.6 Å². The van der Waals surface area contributed by atoms with Crippen molar-refractivity contribution in [2.75, 3.05) is 5.32 Å². The van der Waals surface area contributed by atoms with Crippen molar-refractivity contribution < 1.29 is 14.3 Å². The van der Waals surface area contributed by atoms with Crippen molar-refractivity contribution in [1.82, 2.24) is 25.6 Å². The van der Waals surface area contributed by atoms with Crippen LogP contribution in [0.3, 0.4) is 0 Å². The highest BCUT2D eigenvalue weighted by molar-refractivity contribution is 5.83. The summed E-state index contributed by atoms with van der Waals surface area (Å²) in [6.45, 7) is 4.95. The molecule has 0 unspecified atom stereocenters. The first-order valence-electron chi connectivity index (χ1n) is 5.07. The molecule has 10 nitrogen and oxygen atoms in total. The second-order valence-corrected chi connectivity index (χ2v) is 4.35. The third kappa shape index (κ3) is 4.33. The van der Waals surface area contributed by atoms with Crippen molar-refractivity contribution in [2.45, 2.75) is 32.9 Å². The van der Waals surface area contributed by atoms with Crippen molar-refractivity contribution in [3.63, 3.8) is 0 Å². The average molecular weight is 257 g/mol. The number of hydrogen-bond donors (Lipinski definition) is 3. The van der Waals surface area contributed by atoms with Crippen LogP contribution in [0.15, 0.2) is 0 Å². The smallest absolute Gasteiger partial charge is 0.414 e. The van der Waals surface area contributed by atoms with Crippen LogP contribution in [0.2, 0.25) is 0 Å². The predicted molar refractivity (Wildman–Crippen MR) is 60.0 cm³/mol. The van der Waals surface area contributed by atoms with E-state index in [1.165, 1.54) is 0 Å². The zero-order chi connectivity index (χ0) is 13.8. The number of tetrazole rings is 1. The molecule has 0 aliphatic heterocycles. The molecule has 0 atom stereocenters. The van der Waals surface area contributed by atoms with E-state index in [1.54, 1.807) is 20.8 Å². The average Bonchev–Trinajstić information content (AvgIpc) is 2.62. The number of nitrogens with one attached hydrogen (secondary N) is 2. The first-order chi connectivity index (χ1) is 8.31. The maximum atomic E-state index is 11.5. The lowest BCUT2D eigenvalue weighted by molar-refractivity contribution is -0.121. The fraction of sp³-hybridized carbons (Fsp3) is 0.625. The number of nitrogens with two attached hydrogens (primary N) is 1. The fourth-order valence-corrected chi connectivity index (χ4v) is 0.977. The van der Waals surface area contributed by atoms with Crippen LogP contribution in [-0.4, -0.2) is 37.8 Å². The standard InChI is InChI=1S/C8H15N7O3/c1-8(2,3)18-7(17)10-6-12-13-14-15(6)4-5(16)11-9/h4,9H2,1-3H3,(H,11,16)(H,10,12,14,17). The third-order valence-electron chi connectivity index (χ3n) is 1.60. The normalized spacial score (nSPS) is 10.9. The summed E-state index contributed by atoms with van der Waals surface area (Å²) in [5.74, 6) is 4.42. The van der Waals surface area contributed by atoms with Gasteiger partial charge in [-0.2, -0.15) is 0 Å². The summed E-state index contributed by atoms with van der Waals surface area (Å²) in [6.07, 6.45) is -0.716. The molecule has 0 spiro atoms. The van der Waals surface area contributed by atoms with E-state index in [2.05, 4.69) is 20.8 Å². The highest BCUT2D eigenvalue weighted by Crippen LogP contribution is 2.09. The molecule has 1 rings (SSSR count). The SMILES string of the molecule is CC(C)(C)OC(=O)Nc1nnnn1CC(=O)NN. The topological polar surface area (TPSA) is 137 Å². The molecular weight excluding hydrogens is 242 g/mol. The molecule has 0 fully saturated rings. The van der Waals surface area contributed by atoms with Gasteiger partial charge in [-0.3, -0.25) is 15.5 Å². The van der Waals surface area contributed by atoms with Crippen LogP contribution in [0.4, 0.5) is 10.7 Å². The van der Waals surface area contributed by atoms with Crippen LogP contribution in [0.5, 0.6) is 0 Å². The van der Waals surface area contributed by atoms with Crippen molar-refractivity contribution in [3.05, 3.63) is 0 Å². The van der Waals surface area contributed by atoms with Gasteiger partial charge in [0.15, 0.2) is 0 Å². The lowest BCUT2D eigenvalue weighted by atomic mass is 10.2. The maximum Gasteiger partial charge on any atom is 0.414 e. The molecule has 100 valence electrons. The summed E-state index contributed by atoms with van der Waals surface area (Å²) in [4.78, 5) is 22.5. The molecule has 10 heteroatoms. The van der Waals surface area contributed by atoms with Crippen LogP contribution in [0.25, 0.3) is 0 Å². The minimum Gasteiger partial charge on any atom is -0.444 e. The van der Waals surface area contributed by atoms with E-state index in [9.17, 15) is 9.59 Å². The Bertz CT molecular complexity index is 436. The molecule has 1 aromatic heterocycles. The first kappa shape index (κ1) is 13.8. The zero-order valence-corrected chi connectivity index (χ0v) is 10.3. The third-order valence-corrected chi connectivity index (χ3v) is 1.60. The van der Waals surface area contributed by atoms with Gasteiger partial charge in [0.2, 0.25) is 0 Å². The van der Waals surface area contributed by atoms with Crippen molar-refractivity contribution in [1.29, 1.82) is 0 Å². The van der Waals surface area contributed by atoms with Gasteiger partial charge in [-0.15, -0.1) is 0 Å². The van der Waals surface area contributed by atoms with Crippen LogP contribution in [0.1, 0.15) is 20.8 Å². The van der Waals surface area contributed by atoms with Crippen LogP contribution >= 0.6 is 0 Å². The summed E-state index contributed by atoms with van der Waals surface area (Å²) >= 11 is 0. The number of anilines is 1. The number of carbonyl (C=O) groups excluding carboxylic acids is 2. The summed E-state index contributed by atoms with van der Waals surface area (Å²) in [7, 11) is 0. The van der Waals surface area contributed by atoms with Crippen molar-refractivity contribution in [3.8, 4) is 0 Å². The van der Waals surface area contributed by atoms with Crippen molar-refractivity contribution >= 4 is 17.9 Å². The number of rotatable bonds is 3. The summed E-state index contributed by atoms with van der Waals surface area (Å²) in [5.41, 5.74) is 1.28. The van der Waals surface area contributed by atoms with Gasteiger partial charge in [0.05, 0.1) is 0 Å². The van der Waals surface area contributed by atoms with Gasteiger partial charge in [-0.05, 0) is 31.2 Å². The van der Waals surface area contributed by atoms with Gasteiger partial charge in [-0.1, -0.05) is 5.10 Å². The van der Waals surface area contributed by atoms with Crippen LogP contribution in [0, 0.1) is 0 Å². The van der Waals surface area contributed by atoms with Crippen molar-refractivity contribution in [2.24, 2.45) is 5.84 Å². The number of carbonyl (C=O) groups is 2. The van der Waals surface area contributed by atoms with Gasteiger partial charge in [0.1, 0.15) is 12.1 Å². The van der Waals surface area contributed by atoms with E-state index in [0.29, 0.717) is 0 Å². The molecule has 0 saturated heterocycles.